The third kappa shape index (κ3) is 5.28. The maximum Gasteiger partial charge on any atom is 0.0625 e. The second-order valence-corrected chi connectivity index (χ2v) is 6.96. The fourth-order valence-electron chi connectivity index (χ4n) is 2.40. The quantitative estimate of drug-likeness (QED) is 0.773. The smallest absolute Gasteiger partial charge is 0.0625 e. The Hall–Kier alpha value is -0.830. The number of nitrogens with one attached hydrogen (secondary N) is 1. The van der Waals surface area contributed by atoms with E-state index in [-0.39, 0.29) is 0 Å². The summed E-state index contributed by atoms with van der Waals surface area (Å²) >= 11 is 0. The molecular formula is C17H33N3. The standard InChI is InChI=1S/C17H33N3/c1-7-12-18-16(17(4,5)6)10-9-15-11-13-20(19-15)14(3)8-2/h11,13-14,16,18H,7-10,12H2,1-6H3. The van der Waals surface area contributed by atoms with Gasteiger partial charge in [0.05, 0.1) is 5.69 Å². The minimum Gasteiger partial charge on any atom is -0.313 e. The number of aromatic nitrogens is 2. The van der Waals surface area contributed by atoms with Gasteiger partial charge in [-0.2, -0.15) is 5.10 Å². The first kappa shape index (κ1) is 17.2. The monoisotopic (exact) mass is 279 g/mol. The van der Waals surface area contributed by atoms with Crippen molar-refractivity contribution in [3.05, 3.63) is 18.0 Å². The highest BCUT2D eigenvalue weighted by Gasteiger charge is 2.23. The van der Waals surface area contributed by atoms with Crippen LogP contribution in [0.3, 0.4) is 0 Å². The predicted octanol–water partition coefficient (Wildman–Crippen LogP) is 4.20. The highest BCUT2D eigenvalue weighted by atomic mass is 15.3. The van der Waals surface area contributed by atoms with E-state index in [1.165, 1.54) is 12.1 Å². The van der Waals surface area contributed by atoms with Gasteiger partial charge in [-0.15, -0.1) is 0 Å². The van der Waals surface area contributed by atoms with Crippen LogP contribution in [-0.2, 0) is 6.42 Å². The van der Waals surface area contributed by atoms with Gasteiger partial charge in [-0.25, -0.2) is 0 Å². The number of hydrogen-bond acceptors (Lipinski definition) is 2. The summed E-state index contributed by atoms with van der Waals surface area (Å²) < 4.78 is 2.10. The van der Waals surface area contributed by atoms with E-state index >= 15 is 0 Å². The zero-order valence-electron chi connectivity index (χ0n) is 14.2. The molecule has 3 heteroatoms. The molecule has 2 atom stereocenters. The van der Waals surface area contributed by atoms with Crippen molar-refractivity contribution < 1.29 is 0 Å². The molecule has 116 valence electrons. The van der Waals surface area contributed by atoms with Crippen LogP contribution in [0.1, 0.15) is 72.5 Å². The Bertz CT molecular complexity index is 376. The Kier molecular flexibility index (Phi) is 6.74. The van der Waals surface area contributed by atoms with Crippen LogP contribution in [0.2, 0.25) is 0 Å². The van der Waals surface area contributed by atoms with E-state index in [0.29, 0.717) is 17.5 Å². The topological polar surface area (TPSA) is 29.9 Å². The van der Waals surface area contributed by atoms with Gasteiger partial charge in [0, 0.05) is 18.3 Å². The van der Waals surface area contributed by atoms with Gasteiger partial charge in [-0.05, 0) is 50.6 Å². The van der Waals surface area contributed by atoms with Crippen molar-refractivity contribution in [2.75, 3.05) is 6.54 Å². The predicted molar refractivity (Wildman–Crippen MR) is 87.1 cm³/mol. The van der Waals surface area contributed by atoms with Crippen LogP contribution in [0.25, 0.3) is 0 Å². The number of aryl methyl sites for hydroxylation is 1. The number of nitrogens with zero attached hydrogens (tertiary/aromatic N) is 2. The summed E-state index contributed by atoms with van der Waals surface area (Å²) in [4.78, 5) is 0. The molecule has 0 radical (unpaired) electrons. The fourth-order valence-corrected chi connectivity index (χ4v) is 2.40. The average molecular weight is 279 g/mol. The Morgan fingerprint density at radius 2 is 2.00 bits per heavy atom. The molecule has 0 aliphatic carbocycles. The lowest BCUT2D eigenvalue weighted by atomic mass is 9.83. The molecule has 0 aliphatic heterocycles. The highest BCUT2D eigenvalue weighted by molar-refractivity contribution is 5.01. The normalized spacial score (nSPS) is 15.3. The van der Waals surface area contributed by atoms with Gasteiger partial charge in [0.2, 0.25) is 0 Å². The zero-order chi connectivity index (χ0) is 15.2. The van der Waals surface area contributed by atoms with Crippen molar-refractivity contribution in [3.8, 4) is 0 Å². The van der Waals surface area contributed by atoms with E-state index in [9.17, 15) is 0 Å². The first-order valence-electron chi connectivity index (χ1n) is 8.15. The molecule has 1 rings (SSSR count). The molecule has 0 spiro atoms. The maximum atomic E-state index is 4.70. The molecule has 0 fully saturated rings. The van der Waals surface area contributed by atoms with Gasteiger partial charge >= 0.3 is 0 Å². The highest BCUT2D eigenvalue weighted by Crippen LogP contribution is 2.23. The summed E-state index contributed by atoms with van der Waals surface area (Å²) in [5.41, 5.74) is 1.52. The molecule has 1 heterocycles. The third-order valence-corrected chi connectivity index (χ3v) is 4.08. The maximum absolute atomic E-state index is 4.70. The van der Waals surface area contributed by atoms with Crippen LogP contribution in [0.5, 0.6) is 0 Å². The molecule has 3 nitrogen and oxygen atoms in total. The minimum absolute atomic E-state index is 0.300. The summed E-state index contributed by atoms with van der Waals surface area (Å²) in [6, 6.07) is 3.22. The van der Waals surface area contributed by atoms with Gasteiger partial charge in [0.1, 0.15) is 0 Å². The Labute approximate surface area is 125 Å². The third-order valence-electron chi connectivity index (χ3n) is 4.08. The largest absolute Gasteiger partial charge is 0.313 e. The molecule has 1 aromatic heterocycles. The Balaban J connectivity index is 2.56. The van der Waals surface area contributed by atoms with Crippen LogP contribution in [-0.4, -0.2) is 22.4 Å². The van der Waals surface area contributed by atoms with Crippen molar-refractivity contribution in [1.29, 1.82) is 0 Å². The number of hydrogen-bond donors (Lipinski definition) is 1. The van der Waals surface area contributed by atoms with E-state index in [1.807, 2.05) is 0 Å². The SMILES string of the molecule is CCCNC(CCc1ccn(C(C)CC)n1)C(C)(C)C. The van der Waals surface area contributed by atoms with Crippen LogP contribution >= 0.6 is 0 Å². The van der Waals surface area contributed by atoms with Crippen LogP contribution in [0.4, 0.5) is 0 Å². The van der Waals surface area contributed by atoms with Crippen LogP contribution in [0.15, 0.2) is 12.3 Å². The molecule has 0 bridgehead atoms. The summed E-state index contributed by atoms with van der Waals surface area (Å²) in [5.74, 6) is 0. The Morgan fingerprint density at radius 3 is 2.55 bits per heavy atom. The van der Waals surface area contributed by atoms with Gasteiger partial charge < -0.3 is 5.32 Å². The molecule has 0 aromatic carbocycles. The van der Waals surface area contributed by atoms with Crippen molar-refractivity contribution in [3.63, 3.8) is 0 Å². The molecule has 0 saturated carbocycles. The van der Waals surface area contributed by atoms with E-state index < -0.39 is 0 Å². The van der Waals surface area contributed by atoms with Gasteiger partial charge in [0.25, 0.3) is 0 Å². The van der Waals surface area contributed by atoms with Gasteiger partial charge in [-0.1, -0.05) is 34.6 Å². The lowest BCUT2D eigenvalue weighted by Gasteiger charge is -2.31. The molecule has 2 unspecified atom stereocenters. The molecule has 20 heavy (non-hydrogen) atoms. The molecule has 0 aliphatic rings. The molecule has 1 aromatic rings. The lowest BCUT2D eigenvalue weighted by Crippen LogP contribution is -2.41. The second kappa shape index (κ2) is 7.82. The van der Waals surface area contributed by atoms with E-state index in [1.54, 1.807) is 0 Å². The second-order valence-electron chi connectivity index (χ2n) is 6.96. The van der Waals surface area contributed by atoms with Crippen molar-refractivity contribution in [2.24, 2.45) is 5.41 Å². The van der Waals surface area contributed by atoms with E-state index in [2.05, 4.69) is 63.8 Å². The Morgan fingerprint density at radius 1 is 1.30 bits per heavy atom. The van der Waals surface area contributed by atoms with Crippen LogP contribution < -0.4 is 5.32 Å². The average Bonchev–Trinajstić information content (AvgIpc) is 2.85. The fraction of sp³-hybridized carbons (Fsp3) is 0.824. The summed E-state index contributed by atoms with van der Waals surface area (Å²) in [6.45, 7) is 14.7. The number of rotatable bonds is 8. The molecule has 0 amide bonds. The molecule has 1 N–H and O–H groups in total. The van der Waals surface area contributed by atoms with Crippen molar-refractivity contribution in [1.82, 2.24) is 15.1 Å². The summed E-state index contributed by atoms with van der Waals surface area (Å²) in [6.07, 6.45) is 6.65. The lowest BCUT2D eigenvalue weighted by molar-refractivity contribution is 0.254. The summed E-state index contributed by atoms with van der Waals surface area (Å²) in [5, 5.41) is 8.39. The first-order valence-corrected chi connectivity index (χ1v) is 8.15. The van der Waals surface area contributed by atoms with Crippen molar-refractivity contribution >= 4 is 0 Å². The van der Waals surface area contributed by atoms with Crippen LogP contribution in [0, 0.1) is 5.41 Å². The van der Waals surface area contributed by atoms with Gasteiger partial charge in [0.15, 0.2) is 0 Å². The van der Waals surface area contributed by atoms with E-state index in [0.717, 1.165) is 25.8 Å². The molecule has 0 saturated heterocycles. The summed E-state index contributed by atoms with van der Waals surface area (Å²) in [7, 11) is 0. The zero-order valence-corrected chi connectivity index (χ0v) is 14.2. The van der Waals surface area contributed by atoms with Gasteiger partial charge in [-0.3, -0.25) is 4.68 Å². The van der Waals surface area contributed by atoms with E-state index in [4.69, 9.17) is 5.10 Å². The minimum atomic E-state index is 0.300. The first-order chi connectivity index (χ1) is 9.38. The molecular weight excluding hydrogens is 246 g/mol. The van der Waals surface area contributed by atoms with Crippen molar-refractivity contribution in [2.45, 2.75) is 79.3 Å².